The van der Waals surface area contributed by atoms with Gasteiger partial charge in [-0.3, -0.25) is 0 Å². The minimum atomic E-state index is -3.55. The normalized spacial score (nSPS) is 17.9. The Bertz CT molecular complexity index is 559. The van der Waals surface area contributed by atoms with Crippen LogP contribution in [0, 0.1) is 0 Å². The van der Waals surface area contributed by atoms with Crippen LogP contribution in [0.4, 0.5) is 0 Å². The van der Waals surface area contributed by atoms with Crippen molar-refractivity contribution >= 4 is 37.6 Å². The zero-order chi connectivity index (χ0) is 14.0. The molecule has 1 N–H and O–H groups in total. The molecule has 1 aliphatic heterocycles. The Morgan fingerprint density at radius 1 is 1.37 bits per heavy atom. The van der Waals surface area contributed by atoms with Gasteiger partial charge >= 0.3 is 0 Å². The van der Waals surface area contributed by atoms with Gasteiger partial charge < -0.3 is 5.32 Å². The van der Waals surface area contributed by atoms with E-state index in [9.17, 15) is 8.42 Å². The maximum atomic E-state index is 12.6. The zero-order valence-corrected chi connectivity index (χ0v) is 13.7. The van der Waals surface area contributed by atoms with E-state index in [4.69, 9.17) is 11.6 Å². The summed E-state index contributed by atoms with van der Waals surface area (Å²) in [4.78, 5) is 0.157. The Labute approximate surface area is 127 Å². The Balaban J connectivity index is 2.33. The SMILES string of the molecule is CN(C1CCNCC1)S(=O)(=O)c1cc(Br)ccc1Cl. The second kappa shape index (κ2) is 6.10. The Kier molecular flexibility index (Phi) is 4.89. The van der Waals surface area contributed by atoms with Crippen LogP contribution in [0.1, 0.15) is 12.8 Å². The molecule has 0 radical (unpaired) electrons. The fourth-order valence-corrected chi connectivity index (χ4v) is 4.62. The summed E-state index contributed by atoms with van der Waals surface area (Å²) >= 11 is 9.31. The minimum absolute atomic E-state index is 0.0290. The first-order valence-electron chi connectivity index (χ1n) is 6.07. The number of piperidine rings is 1. The van der Waals surface area contributed by atoms with Crippen molar-refractivity contribution in [1.29, 1.82) is 0 Å². The first-order chi connectivity index (χ1) is 8.93. The lowest BCUT2D eigenvalue weighted by molar-refractivity contribution is 0.296. The molecule has 1 aromatic carbocycles. The molecule has 0 unspecified atom stereocenters. The van der Waals surface area contributed by atoms with E-state index in [2.05, 4.69) is 21.2 Å². The van der Waals surface area contributed by atoms with Gasteiger partial charge in [0.1, 0.15) is 4.90 Å². The molecule has 1 heterocycles. The van der Waals surface area contributed by atoms with E-state index < -0.39 is 10.0 Å². The first kappa shape index (κ1) is 15.3. The molecule has 1 fully saturated rings. The van der Waals surface area contributed by atoms with Crippen LogP contribution in [0.5, 0.6) is 0 Å². The van der Waals surface area contributed by atoms with Crippen molar-refractivity contribution in [2.24, 2.45) is 0 Å². The summed E-state index contributed by atoms with van der Waals surface area (Å²) in [5.74, 6) is 0. The molecule has 7 heteroatoms. The molecule has 0 amide bonds. The second-order valence-corrected chi connectivity index (χ2v) is 7.87. The predicted octanol–water partition coefficient (Wildman–Crippen LogP) is 2.47. The summed E-state index contributed by atoms with van der Waals surface area (Å²) < 4.78 is 27.4. The van der Waals surface area contributed by atoms with Crippen LogP contribution in [-0.4, -0.2) is 38.9 Å². The number of hydrogen-bond acceptors (Lipinski definition) is 3. The standard InChI is InChI=1S/C12H16BrClN2O2S/c1-16(10-4-6-15-7-5-10)19(17,18)12-8-9(13)2-3-11(12)14/h2-3,8,10,15H,4-7H2,1H3. The second-order valence-electron chi connectivity index (χ2n) is 4.58. The summed E-state index contributed by atoms with van der Waals surface area (Å²) in [7, 11) is -1.92. The van der Waals surface area contributed by atoms with Crippen LogP contribution < -0.4 is 5.32 Å². The molecule has 1 aliphatic rings. The molecule has 4 nitrogen and oxygen atoms in total. The van der Waals surface area contributed by atoms with Crippen molar-refractivity contribution in [1.82, 2.24) is 9.62 Å². The number of benzene rings is 1. The van der Waals surface area contributed by atoms with Crippen molar-refractivity contribution in [2.45, 2.75) is 23.8 Å². The van der Waals surface area contributed by atoms with Gasteiger partial charge in [0, 0.05) is 17.6 Å². The predicted molar refractivity (Wildman–Crippen MR) is 80.0 cm³/mol. The first-order valence-corrected chi connectivity index (χ1v) is 8.68. The van der Waals surface area contributed by atoms with Crippen molar-refractivity contribution in [2.75, 3.05) is 20.1 Å². The van der Waals surface area contributed by atoms with Gasteiger partial charge in [-0.1, -0.05) is 27.5 Å². The third-order valence-corrected chi connectivity index (χ3v) is 6.26. The highest BCUT2D eigenvalue weighted by molar-refractivity contribution is 9.10. The van der Waals surface area contributed by atoms with Crippen molar-refractivity contribution < 1.29 is 8.42 Å². The molecular weight excluding hydrogens is 352 g/mol. The largest absolute Gasteiger partial charge is 0.317 e. The van der Waals surface area contributed by atoms with E-state index in [1.165, 1.54) is 4.31 Å². The number of rotatable bonds is 3. The molecule has 0 atom stereocenters. The molecule has 0 spiro atoms. The molecule has 0 aliphatic carbocycles. The molecular formula is C12H16BrClN2O2S. The number of halogens is 2. The van der Waals surface area contributed by atoms with E-state index in [1.54, 1.807) is 25.2 Å². The maximum absolute atomic E-state index is 12.6. The summed E-state index contributed by atoms with van der Waals surface area (Å²) in [5, 5.41) is 3.48. The third kappa shape index (κ3) is 3.31. The van der Waals surface area contributed by atoms with Gasteiger partial charge in [0.05, 0.1) is 5.02 Å². The topological polar surface area (TPSA) is 49.4 Å². The van der Waals surface area contributed by atoms with Crippen molar-refractivity contribution in [3.05, 3.63) is 27.7 Å². The molecule has 0 saturated carbocycles. The lowest BCUT2D eigenvalue weighted by Crippen LogP contribution is -2.43. The highest BCUT2D eigenvalue weighted by atomic mass is 79.9. The fraction of sp³-hybridized carbons (Fsp3) is 0.500. The van der Waals surface area contributed by atoms with Gasteiger partial charge in [-0.2, -0.15) is 4.31 Å². The Morgan fingerprint density at radius 3 is 2.63 bits per heavy atom. The van der Waals surface area contributed by atoms with Crippen LogP contribution in [0.15, 0.2) is 27.6 Å². The van der Waals surface area contributed by atoms with E-state index in [0.29, 0.717) is 4.47 Å². The van der Waals surface area contributed by atoms with Crippen LogP contribution in [0.2, 0.25) is 5.02 Å². The van der Waals surface area contributed by atoms with E-state index in [1.807, 2.05) is 0 Å². The molecule has 19 heavy (non-hydrogen) atoms. The van der Waals surface area contributed by atoms with Crippen molar-refractivity contribution in [3.63, 3.8) is 0 Å². The van der Waals surface area contributed by atoms with Crippen LogP contribution in [0.25, 0.3) is 0 Å². The zero-order valence-electron chi connectivity index (χ0n) is 10.6. The third-order valence-electron chi connectivity index (χ3n) is 3.37. The highest BCUT2D eigenvalue weighted by Crippen LogP contribution is 2.29. The summed E-state index contributed by atoms with van der Waals surface area (Å²) in [6.07, 6.45) is 1.64. The lowest BCUT2D eigenvalue weighted by Gasteiger charge is -2.31. The average Bonchev–Trinajstić information content (AvgIpc) is 2.41. The van der Waals surface area contributed by atoms with E-state index >= 15 is 0 Å². The quantitative estimate of drug-likeness (QED) is 0.893. The highest BCUT2D eigenvalue weighted by Gasteiger charge is 2.30. The Morgan fingerprint density at radius 2 is 2.00 bits per heavy atom. The van der Waals surface area contributed by atoms with Gasteiger partial charge in [0.2, 0.25) is 10.0 Å². The van der Waals surface area contributed by atoms with Gasteiger partial charge in [0.25, 0.3) is 0 Å². The number of nitrogens with one attached hydrogen (secondary N) is 1. The smallest absolute Gasteiger partial charge is 0.244 e. The summed E-state index contributed by atoms with van der Waals surface area (Å²) in [6, 6.07) is 4.90. The molecule has 0 bridgehead atoms. The molecule has 0 aromatic heterocycles. The minimum Gasteiger partial charge on any atom is -0.317 e. The van der Waals surface area contributed by atoms with Crippen LogP contribution >= 0.6 is 27.5 Å². The molecule has 2 rings (SSSR count). The van der Waals surface area contributed by atoms with Gasteiger partial charge in [0.15, 0.2) is 0 Å². The van der Waals surface area contributed by atoms with E-state index in [-0.39, 0.29) is 16.0 Å². The maximum Gasteiger partial charge on any atom is 0.244 e. The number of hydrogen-bond donors (Lipinski definition) is 1. The summed E-state index contributed by atoms with van der Waals surface area (Å²) in [6.45, 7) is 1.69. The average molecular weight is 368 g/mol. The van der Waals surface area contributed by atoms with Gasteiger partial charge in [-0.05, 0) is 44.1 Å². The lowest BCUT2D eigenvalue weighted by atomic mass is 10.1. The monoisotopic (exact) mass is 366 g/mol. The molecule has 1 saturated heterocycles. The number of sulfonamides is 1. The van der Waals surface area contributed by atoms with Gasteiger partial charge in [-0.15, -0.1) is 0 Å². The van der Waals surface area contributed by atoms with E-state index in [0.717, 1.165) is 25.9 Å². The van der Waals surface area contributed by atoms with Crippen molar-refractivity contribution in [3.8, 4) is 0 Å². The Hall–Kier alpha value is -0.140. The molecule has 1 aromatic rings. The molecule has 106 valence electrons. The number of nitrogens with zero attached hydrogens (tertiary/aromatic N) is 1. The van der Waals surface area contributed by atoms with Gasteiger partial charge in [-0.25, -0.2) is 8.42 Å². The van der Waals surface area contributed by atoms with Crippen LogP contribution in [0.3, 0.4) is 0 Å². The fourth-order valence-electron chi connectivity index (χ4n) is 2.20. The van der Waals surface area contributed by atoms with Crippen LogP contribution in [-0.2, 0) is 10.0 Å². The summed E-state index contributed by atoms with van der Waals surface area (Å²) in [5.41, 5.74) is 0.